The maximum atomic E-state index is 13.2. The topological polar surface area (TPSA) is 333 Å². The van der Waals surface area contributed by atoms with Crippen molar-refractivity contribution in [1.29, 1.82) is 0 Å². The number of aromatic amines is 3. The van der Waals surface area contributed by atoms with Gasteiger partial charge in [0.25, 0.3) is 11.5 Å². The molecule has 0 spiro atoms. The molecule has 3 saturated heterocycles. The van der Waals surface area contributed by atoms with Crippen LogP contribution in [-0.2, 0) is 36.7 Å². The molecule has 4 aromatic heterocycles. The van der Waals surface area contributed by atoms with Crippen molar-refractivity contribution in [2.75, 3.05) is 24.7 Å². The van der Waals surface area contributed by atoms with Gasteiger partial charge in [0.15, 0.2) is 30.9 Å². The highest BCUT2D eigenvalue weighted by Crippen LogP contribution is 2.52. The van der Waals surface area contributed by atoms with Crippen LogP contribution in [0.1, 0.15) is 12.5 Å². The van der Waals surface area contributed by atoms with Crippen LogP contribution in [0, 0.1) is 0 Å². The maximum Gasteiger partial charge on any atom is 0.472 e. The Morgan fingerprint density at radius 1 is 0.844 bits per heavy atom. The first-order valence-corrected chi connectivity index (χ1v) is 16.1. The number of nitrogens with one attached hydrogen (secondary N) is 3. The second kappa shape index (κ2) is 10.8. The Bertz CT molecular complexity index is 1940. The number of imidazole rings is 2. The molecule has 242 valence electrons. The van der Waals surface area contributed by atoms with Crippen molar-refractivity contribution >= 4 is 49.7 Å². The molecule has 0 aliphatic carbocycles. The summed E-state index contributed by atoms with van der Waals surface area (Å²) >= 11 is 0. The molecule has 10 atom stereocenters. The van der Waals surface area contributed by atoms with E-state index in [1.54, 1.807) is 0 Å². The van der Waals surface area contributed by atoms with Gasteiger partial charge in [-0.15, -0.1) is 0 Å². The zero-order valence-corrected chi connectivity index (χ0v) is 24.3. The number of hydrogen-bond donors (Lipinski definition) is 9. The molecule has 2 bridgehead atoms. The lowest BCUT2D eigenvalue weighted by Crippen LogP contribution is -2.47. The van der Waals surface area contributed by atoms with Crippen molar-refractivity contribution in [3.63, 3.8) is 0 Å². The van der Waals surface area contributed by atoms with Gasteiger partial charge in [0.1, 0.15) is 30.5 Å². The van der Waals surface area contributed by atoms with Crippen LogP contribution in [0.5, 0.6) is 0 Å². The number of phosphoric ester groups is 2. The zero-order chi connectivity index (χ0) is 31.8. The number of anilines is 2. The van der Waals surface area contributed by atoms with Crippen LogP contribution in [0.4, 0.5) is 11.8 Å². The molecule has 3 fully saturated rings. The number of aromatic nitrogens is 8. The number of rotatable bonds is 2. The highest BCUT2D eigenvalue weighted by molar-refractivity contribution is 7.47. The maximum absolute atomic E-state index is 13.2. The molecule has 23 nitrogen and oxygen atoms in total. The van der Waals surface area contributed by atoms with Gasteiger partial charge in [0.2, 0.25) is 23.5 Å². The van der Waals surface area contributed by atoms with E-state index in [1.807, 2.05) is 0 Å². The van der Waals surface area contributed by atoms with E-state index in [0.717, 1.165) is 0 Å². The number of phosphoric acid groups is 2. The van der Waals surface area contributed by atoms with Crippen molar-refractivity contribution in [2.45, 2.75) is 49.1 Å². The van der Waals surface area contributed by atoms with Gasteiger partial charge >= 0.3 is 26.9 Å². The minimum atomic E-state index is -5.10. The van der Waals surface area contributed by atoms with E-state index in [0.29, 0.717) is 5.52 Å². The quantitative estimate of drug-likeness (QED) is 0.0734. The van der Waals surface area contributed by atoms with E-state index < -0.39 is 83.5 Å². The lowest BCUT2D eigenvalue weighted by Gasteiger charge is -2.24. The summed E-state index contributed by atoms with van der Waals surface area (Å²) in [6, 6.07) is 0. The Morgan fingerprint density at radius 3 is 2.20 bits per heavy atom. The molecule has 7 heterocycles. The van der Waals surface area contributed by atoms with Crippen LogP contribution in [0.15, 0.2) is 23.8 Å². The van der Waals surface area contributed by atoms with Crippen LogP contribution < -0.4 is 26.2 Å². The fourth-order valence-corrected chi connectivity index (χ4v) is 7.31. The second-order valence-corrected chi connectivity index (χ2v) is 13.1. The highest BCUT2D eigenvalue weighted by atomic mass is 31.2. The Hall–Kier alpha value is -3.44. The van der Waals surface area contributed by atoms with Crippen LogP contribution in [0.25, 0.3) is 22.3 Å². The molecule has 0 aromatic carbocycles. The molecule has 11 N–H and O–H groups in total. The summed E-state index contributed by atoms with van der Waals surface area (Å²) in [6.07, 6.45) is -8.74. The highest BCUT2D eigenvalue weighted by Gasteiger charge is 2.55. The Kier molecular flexibility index (Phi) is 7.27. The molecular weight excluding hydrogens is 650 g/mol. The zero-order valence-electron chi connectivity index (χ0n) is 22.5. The average Bonchev–Trinajstić information content (AvgIpc) is 3.72. The monoisotopic (exact) mass is 676 g/mol. The third-order valence-corrected chi connectivity index (χ3v) is 9.41. The van der Waals surface area contributed by atoms with Crippen LogP contribution in [0.2, 0.25) is 0 Å². The van der Waals surface area contributed by atoms with Gasteiger partial charge in [-0.25, -0.2) is 18.3 Å². The van der Waals surface area contributed by atoms with Crippen molar-refractivity contribution in [1.82, 2.24) is 29.9 Å². The van der Waals surface area contributed by atoms with Crippen LogP contribution in [0.3, 0.4) is 0 Å². The number of fused-ring (bicyclic) bond motifs is 5. The minimum Gasteiger partial charge on any atom is -0.387 e. The van der Waals surface area contributed by atoms with Crippen LogP contribution >= 0.6 is 15.6 Å². The van der Waals surface area contributed by atoms with E-state index >= 15 is 0 Å². The molecule has 4 aromatic rings. The van der Waals surface area contributed by atoms with E-state index in [4.69, 9.17) is 39.0 Å². The van der Waals surface area contributed by atoms with Gasteiger partial charge < -0.3 is 40.9 Å². The first kappa shape index (κ1) is 30.2. The molecule has 0 saturated carbocycles. The summed E-state index contributed by atoms with van der Waals surface area (Å²) in [6.45, 7) is -1.62. The lowest BCUT2D eigenvalue weighted by molar-refractivity contribution is -0.745. The fraction of sp³-hybridized carbons (Fsp3) is 0.500. The number of nitrogens with zero attached hydrogens (tertiary/aromatic N) is 5. The standard InChI is InChI=1S/C20H24N10O13P2/c21-14-8-15(24-3-23-14)29(4-25-8)18-11(32)12-7(41-18)2-39-45(36,37)43-13-10(31)6(1-38-44(34,35)42-12)40-19(13)30-5-26-9-16(30)27-20(22)28-17(9)33/h3-7,10-13,18-19,31-32H,1-2H2,(H7,21,22,23,24,27,28,33,34,35,36,37)/p+2/t6-,7-,10+,11+,12?,13?,18-,19-/m1/s1. The Balaban J connectivity index is 1.21. The Labute approximate surface area is 248 Å². The van der Waals surface area contributed by atoms with E-state index in [1.165, 1.54) is 28.1 Å². The van der Waals surface area contributed by atoms with E-state index in [9.17, 15) is 33.9 Å². The van der Waals surface area contributed by atoms with Crippen molar-refractivity contribution in [3.8, 4) is 0 Å². The Morgan fingerprint density at radius 2 is 1.47 bits per heavy atom. The number of nitrogens with two attached hydrogens (primary N) is 2. The summed E-state index contributed by atoms with van der Waals surface area (Å²) in [7, 11) is -10.1. The van der Waals surface area contributed by atoms with Crippen molar-refractivity contribution in [3.05, 3.63) is 29.3 Å². The molecule has 0 radical (unpaired) electrons. The molecular formula is C20H26N10O13P2+2. The third kappa shape index (κ3) is 5.31. The number of nitrogen functional groups attached to an aromatic ring is 2. The van der Waals surface area contributed by atoms with E-state index in [-0.39, 0.29) is 28.6 Å². The average molecular weight is 676 g/mol. The first-order chi connectivity index (χ1) is 21.3. The van der Waals surface area contributed by atoms with Gasteiger partial charge in [0.05, 0.1) is 13.2 Å². The smallest absolute Gasteiger partial charge is 0.387 e. The molecule has 4 unspecified atom stereocenters. The minimum absolute atomic E-state index is 0.0495. The predicted octanol–water partition coefficient (Wildman–Crippen LogP) is -3.50. The largest absolute Gasteiger partial charge is 0.472 e. The molecule has 45 heavy (non-hydrogen) atoms. The second-order valence-electron chi connectivity index (χ2n) is 10.2. The molecule has 3 aliphatic heterocycles. The lowest BCUT2D eigenvalue weighted by atomic mass is 10.1. The summed E-state index contributed by atoms with van der Waals surface area (Å²) in [5, 5.41) is 22.2. The van der Waals surface area contributed by atoms with Gasteiger partial charge in [-0.3, -0.25) is 37.8 Å². The van der Waals surface area contributed by atoms with Crippen LogP contribution in [-0.4, -0.2) is 99.7 Å². The van der Waals surface area contributed by atoms with E-state index in [2.05, 4.69) is 29.9 Å². The molecule has 7 rings (SSSR count). The van der Waals surface area contributed by atoms with Gasteiger partial charge in [-0.05, 0) is 0 Å². The molecule has 0 amide bonds. The number of H-pyrrole nitrogens is 3. The van der Waals surface area contributed by atoms with Crippen molar-refractivity contribution < 1.29 is 65.8 Å². The summed E-state index contributed by atoms with van der Waals surface area (Å²) in [5.74, 6) is -0.170. The first-order valence-electron chi connectivity index (χ1n) is 13.1. The SMILES string of the molecule is Nc1nc2c([nH]c[n+]2[C@@H]2O[C@@H]3COP(=O)(O)OC4[C@@H](COP(=O)(O)OC2[C@H]3O)O[C@@H]([n+]2c[nH]c3c(N)ncnc32)[C@H]4O)c(=O)[nH]1. The van der Waals surface area contributed by atoms with Gasteiger partial charge in [-0.1, -0.05) is 9.97 Å². The third-order valence-electron chi connectivity index (χ3n) is 7.44. The summed E-state index contributed by atoms with van der Waals surface area (Å²) < 4.78 is 61.3. The van der Waals surface area contributed by atoms with Gasteiger partial charge in [0, 0.05) is 0 Å². The number of aliphatic hydroxyl groups is 2. The summed E-state index contributed by atoms with van der Waals surface area (Å²) in [5.41, 5.74) is 11.3. The molecule has 25 heteroatoms. The van der Waals surface area contributed by atoms with Gasteiger partial charge in [-0.2, -0.15) is 4.98 Å². The number of ether oxygens (including phenoxy) is 2. The predicted molar refractivity (Wildman–Crippen MR) is 141 cm³/mol. The number of aliphatic hydroxyl groups excluding tert-OH is 2. The van der Waals surface area contributed by atoms with Crippen molar-refractivity contribution in [2.24, 2.45) is 0 Å². The molecule has 3 aliphatic rings. The fourth-order valence-electron chi connectivity index (χ4n) is 5.41. The number of hydrogen-bond acceptors (Lipinski definition) is 16. The normalized spacial score (nSPS) is 37.7. The summed E-state index contributed by atoms with van der Waals surface area (Å²) in [4.78, 5) is 53.4.